The Morgan fingerprint density at radius 3 is 2.26 bits per heavy atom. The zero-order chi connectivity index (χ0) is 14.2. The number of aryl methyl sites for hydroxylation is 4. The van der Waals surface area contributed by atoms with Crippen LogP contribution in [-0.4, -0.2) is 16.1 Å². The van der Waals surface area contributed by atoms with Crippen LogP contribution in [0.3, 0.4) is 0 Å². The number of aromatic amines is 1. The molecule has 19 heavy (non-hydrogen) atoms. The molecule has 0 unspecified atom stereocenters. The van der Waals surface area contributed by atoms with E-state index in [-0.39, 0.29) is 5.91 Å². The lowest BCUT2D eigenvalue weighted by atomic mass is 9.99. The SMILES string of the molecule is Cc1cc(C)c(C(=O)Nc2n[nH]c(C)c2N)c(C)c1. The number of carbonyl (C=O) groups is 1. The van der Waals surface area contributed by atoms with Gasteiger partial charge in [-0.15, -0.1) is 0 Å². The first-order valence-electron chi connectivity index (χ1n) is 6.09. The summed E-state index contributed by atoms with van der Waals surface area (Å²) >= 11 is 0. The fourth-order valence-electron chi connectivity index (χ4n) is 2.24. The van der Waals surface area contributed by atoms with Crippen molar-refractivity contribution in [1.29, 1.82) is 0 Å². The van der Waals surface area contributed by atoms with Gasteiger partial charge in [0.15, 0.2) is 5.82 Å². The van der Waals surface area contributed by atoms with Crippen LogP contribution in [-0.2, 0) is 0 Å². The number of amides is 1. The first kappa shape index (κ1) is 13.1. The number of hydrogen-bond donors (Lipinski definition) is 3. The van der Waals surface area contributed by atoms with E-state index < -0.39 is 0 Å². The Morgan fingerprint density at radius 1 is 1.21 bits per heavy atom. The van der Waals surface area contributed by atoms with Crippen LogP contribution in [0.15, 0.2) is 12.1 Å². The number of nitrogens with two attached hydrogens (primary N) is 1. The van der Waals surface area contributed by atoms with Gasteiger partial charge in [0.1, 0.15) is 0 Å². The van der Waals surface area contributed by atoms with Gasteiger partial charge < -0.3 is 11.1 Å². The number of nitrogen functional groups attached to an aromatic ring is 1. The molecule has 0 saturated heterocycles. The highest BCUT2D eigenvalue weighted by atomic mass is 16.1. The summed E-state index contributed by atoms with van der Waals surface area (Å²) in [5.41, 5.74) is 10.7. The lowest BCUT2D eigenvalue weighted by Crippen LogP contribution is -2.16. The summed E-state index contributed by atoms with van der Waals surface area (Å²) < 4.78 is 0. The van der Waals surface area contributed by atoms with E-state index in [2.05, 4.69) is 15.5 Å². The van der Waals surface area contributed by atoms with Crippen molar-refractivity contribution < 1.29 is 4.79 Å². The van der Waals surface area contributed by atoms with Gasteiger partial charge in [0.05, 0.1) is 11.4 Å². The quantitative estimate of drug-likeness (QED) is 0.773. The van der Waals surface area contributed by atoms with E-state index >= 15 is 0 Å². The van der Waals surface area contributed by atoms with E-state index in [0.29, 0.717) is 17.1 Å². The maximum absolute atomic E-state index is 12.3. The number of rotatable bonds is 2. The molecular formula is C14H18N4O. The van der Waals surface area contributed by atoms with Gasteiger partial charge in [-0.1, -0.05) is 17.7 Å². The molecule has 0 bridgehead atoms. The zero-order valence-corrected chi connectivity index (χ0v) is 11.6. The smallest absolute Gasteiger partial charge is 0.257 e. The maximum Gasteiger partial charge on any atom is 0.257 e. The summed E-state index contributed by atoms with van der Waals surface area (Å²) in [4.78, 5) is 12.3. The molecule has 1 aromatic heterocycles. The van der Waals surface area contributed by atoms with Crippen molar-refractivity contribution in [3.05, 3.63) is 40.1 Å². The third-order valence-corrected chi connectivity index (χ3v) is 3.13. The minimum Gasteiger partial charge on any atom is -0.394 e. The van der Waals surface area contributed by atoms with Crippen LogP contribution >= 0.6 is 0 Å². The molecule has 5 nitrogen and oxygen atoms in total. The summed E-state index contributed by atoms with van der Waals surface area (Å²) in [6.45, 7) is 7.67. The van der Waals surface area contributed by atoms with Crippen LogP contribution in [0, 0.1) is 27.7 Å². The van der Waals surface area contributed by atoms with E-state index in [1.807, 2.05) is 32.9 Å². The molecule has 0 aliphatic heterocycles. The average Bonchev–Trinajstić information content (AvgIpc) is 2.59. The first-order valence-corrected chi connectivity index (χ1v) is 6.09. The third kappa shape index (κ3) is 2.45. The van der Waals surface area contributed by atoms with Crippen LogP contribution < -0.4 is 11.1 Å². The van der Waals surface area contributed by atoms with Gasteiger partial charge in [0.25, 0.3) is 5.91 Å². The standard InChI is InChI=1S/C14H18N4O/c1-7-5-8(2)11(9(3)6-7)14(19)16-13-12(15)10(4)17-18-13/h5-6H,15H2,1-4H3,(H2,16,17,18,19). The Hall–Kier alpha value is -2.30. The number of carbonyl (C=O) groups excluding carboxylic acids is 1. The van der Waals surface area contributed by atoms with Crippen molar-refractivity contribution in [2.24, 2.45) is 0 Å². The van der Waals surface area contributed by atoms with E-state index in [1.54, 1.807) is 6.92 Å². The van der Waals surface area contributed by atoms with Gasteiger partial charge in [0.2, 0.25) is 0 Å². The molecule has 2 rings (SSSR count). The average molecular weight is 258 g/mol. The molecule has 0 saturated carbocycles. The third-order valence-electron chi connectivity index (χ3n) is 3.13. The molecule has 4 N–H and O–H groups in total. The summed E-state index contributed by atoms with van der Waals surface area (Å²) in [5, 5.41) is 9.46. The van der Waals surface area contributed by atoms with Crippen LogP contribution in [0.5, 0.6) is 0 Å². The largest absolute Gasteiger partial charge is 0.394 e. The molecule has 1 heterocycles. The normalized spacial score (nSPS) is 10.5. The van der Waals surface area contributed by atoms with Crippen molar-refractivity contribution in [2.75, 3.05) is 11.1 Å². The van der Waals surface area contributed by atoms with Crippen molar-refractivity contribution in [2.45, 2.75) is 27.7 Å². The number of hydrogen-bond acceptors (Lipinski definition) is 3. The molecule has 0 radical (unpaired) electrons. The number of anilines is 2. The van der Waals surface area contributed by atoms with Gasteiger partial charge in [-0.25, -0.2) is 0 Å². The summed E-state index contributed by atoms with van der Waals surface area (Å²) in [5.74, 6) is 0.190. The molecule has 100 valence electrons. The molecule has 0 fully saturated rings. The number of H-pyrrole nitrogens is 1. The van der Waals surface area contributed by atoms with E-state index in [9.17, 15) is 4.79 Å². The van der Waals surface area contributed by atoms with Gasteiger partial charge in [-0.2, -0.15) is 5.10 Å². The van der Waals surface area contributed by atoms with Crippen molar-refractivity contribution in [3.63, 3.8) is 0 Å². The molecule has 0 aliphatic rings. The van der Waals surface area contributed by atoms with Gasteiger partial charge >= 0.3 is 0 Å². The Morgan fingerprint density at radius 2 is 1.79 bits per heavy atom. The predicted octanol–water partition coefficient (Wildman–Crippen LogP) is 2.48. The highest BCUT2D eigenvalue weighted by Crippen LogP contribution is 2.21. The van der Waals surface area contributed by atoms with Gasteiger partial charge in [-0.05, 0) is 38.8 Å². The molecule has 2 aromatic rings. The molecule has 1 amide bonds. The second-order valence-corrected chi connectivity index (χ2v) is 4.84. The number of benzene rings is 1. The lowest BCUT2D eigenvalue weighted by molar-refractivity contribution is 0.102. The highest BCUT2D eigenvalue weighted by Gasteiger charge is 2.16. The van der Waals surface area contributed by atoms with Crippen molar-refractivity contribution in [3.8, 4) is 0 Å². The molecule has 0 aliphatic carbocycles. The van der Waals surface area contributed by atoms with E-state index in [1.165, 1.54) is 0 Å². The maximum atomic E-state index is 12.3. The Balaban J connectivity index is 2.33. The van der Waals surface area contributed by atoms with Gasteiger partial charge in [0, 0.05) is 5.56 Å². The number of nitrogens with zero attached hydrogens (tertiary/aromatic N) is 1. The Kier molecular flexibility index (Phi) is 3.29. The Labute approximate surface area is 112 Å². The van der Waals surface area contributed by atoms with Crippen molar-refractivity contribution in [1.82, 2.24) is 10.2 Å². The minimum absolute atomic E-state index is 0.187. The van der Waals surface area contributed by atoms with E-state index in [0.717, 1.165) is 22.4 Å². The molecule has 0 atom stereocenters. The molecular weight excluding hydrogens is 240 g/mol. The van der Waals surface area contributed by atoms with Crippen LogP contribution in [0.1, 0.15) is 32.7 Å². The van der Waals surface area contributed by atoms with Crippen LogP contribution in [0.4, 0.5) is 11.5 Å². The van der Waals surface area contributed by atoms with Crippen LogP contribution in [0.25, 0.3) is 0 Å². The zero-order valence-electron chi connectivity index (χ0n) is 11.6. The lowest BCUT2D eigenvalue weighted by Gasteiger charge is -2.10. The second kappa shape index (κ2) is 4.76. The molecule has 1 aromatic carbocycles. The number of nitrogens with one attached hydrogen (secondary N) is 2. The van der Waals surface area contributed by atoms with Crippen LogP contribution in [0.2, 0.25) is 0 Å². The predicted molar refractivity (Wildman–Crippen MR) is 76.3 cm³/mol. The first-order chi connectivity index (χ1) is 8.90. The van der Waals surface area contributed by atoms with E-state index in [4.69, 9.17) is 5.73 Å². The molecule has 5 heteroatoms. The number of aromatic nitrogens is 2. The van der Waals surface area contributed by atoms with Crippen molar-refractivity contribution >= 4 is 17.4 Å². The minimum atomic E-state index is -0.187. The summed E-state index contributed by atoms with van der Waals surface area (Å²) in [7, 11) is 0. The Bertz CT molecular complexity index is 620. The summed E-state index contributed by atoms with van der Waals surface area (Å²) in [6, 6.07) is 3.97. The fraction of sp³-hybridized carbons (Fsp3) is 0.286. The molecule has 0 spiro atoms. The van der Waals surface area contributed by atoms with Gasteiger partial charge in [-0.3, -0.25) is 9.89 Å². The topological polar surface area (TPSA) is 83.8 Å². The highest BCUT2D eigenvalue weighted by molar-refractivity contribution is 6.07. The second-order valence-electron chi connectivity index (χ2n) is 4.84. The fourth-order valence-corrected chi connectivity index (χ4v) is 2.24. The summed E-state index contributed by atoms with van der Waals surface area (Å²) in [6.07, 6.45) is 0. The monoisotopic (exact) mass is 258 g/mol.